The first-order valence-corrected chi connectivity index (χ1v) is 8.34. The average molecular weight is 272 g/mol. The molecule has 2 nitrogen and oxygen atoms in total. The average Bonchev–Trinajstić information content (AvgIpc) is 2.60. The van der Waals surface area contributed by atoms with Gasteiger partial charge in [0.05, 0.1) is 5.76 Å². The van der Waals surface area contributed by atoms with Crippen LogP contribution in [0.1, 0.15) is 51.4 Å². The molecule has 5 atom stereocenters. The van der Waals surface area contributed by atoms with Gasteiger partial charge in [-0.05, 0) is 68.3 Å². The van der Waals surface area contributed by atoms with Crippen molar-refractivity contribution >= 4 is 5.78 Å². The van der Waals surface area contributed by atoms with Crippen LogP contribution in [-0.2, 0) is 4.79 Å². The monoisotopic (exact) mass is 272 g/mol. The molecule has 4 aliphatic rings. The van der Waals surface area contributed by atoms with E-state index in [1.54, 1.807) is 5.57 Å². The number of aliphatic hydroxyl groups excluding tert-OH is 1. The van der Waals surface area contributed by atoms with Gasteiger partial charge in [0.15, 0.2) is 0 Å². The minimum Gasteiger partial charge on any atom is -0.512 e. The van der Waals surface area contributed by atoms with E-state index < -0.39 is 0 Å². The molecule has 3 saturated carbocycles. The summed E-state index contributed by atoms with van der Waals surface area (Å²) in [5, 5.41) is 9.76. The van der Waals surface area contributed by atoms with Crippen molar-refractivity contribution in [1.82, 2.24) is 0 Å². The zero-order valence-corrected chi connectivity index (χ0v) is 12.1. The first-order valence-electron chi connectivity index (χ1n) is 8.34. The van der Waals surface area contributed by atoms with E-state index in [-0.39, 0.29) is 0 Å². The lowest BCUT2D eigenvalue weighted by atomic mass is 9.62. The summed E-state index contributed by atoms with van der Waals surface area (Å²) in [6.07, 6.45) is 13.0. The van der Waals surface area contributed by atoms with Gasteiger partial charge >= 0.3 is 0 Å². The Labute approximate surface area is 120 Å². The maximum Gasteiger partial charge on any atom is 0.135 e. The molecule has 3 fully saturated rings. The maximum atomic E-state index is 12.0. The van der Waals surface area contributed by atoms with Gasteiger partial charge in [0, 0.05) is 18.8 Å². The van der Waals surface area contributed by atoms with Gasteiger partial charge in [0.2, 0.25) is 0 Å². The van der Waals surface area contributed by atoms with Gasteiger partial charge in [-0.25, -0.2) is 0 Å². The van der Waals surface area contributed by atoms with Gasteiger partial charge in [0.25, 0.3) is 0 Å². The van der Waals surface area contributed by atoms with E-state index in [1.807, 2.05) is 6.08 Å². The van der Waals surface area contributed by atoms with E-state index in [1.165, 1.54) is 25.7 Å². The summed E-state index contributed by atoms with van der Waals surface area (Å²) < 4.78 is 0. The van der Waals surface area contributed by atoms with Crippen molar-refractivity contribution in [1.29, 1.82) is 0 Å². The predicted octanol–water partition coefficient (Wildman–Crippen LogP) is 4.18. The van der Waals surface area contributed by atoms with Gasteiger partial charge < -0.3 is 5.11 Å². The van der Waals surface area contributed by atoms with Crippen LogP contribution in [0, 0.1) is 29.6 Å². The highest BCUT2D eigenvalue weighted by Crippen LogP contribution is 2.53. The van der Waals surface area contributed by atoms with Crippen molar-refractivity contribution in [3.63, 3.8) is 0 Å². The molecule has 108 valence electrons. The first-order chi connectivity index (χ1) is 9.72. The van der Waals surface area contributed by atoms with Crippen LogP contribution in [0.25, 0.3) is 0 Å². The minimum atomic E-state index is 0.367. The molecule has 0 aliphatic heterocycles. The number of hydrogen-bond donors (Lipinski definition) is 1. The van der Waals surface area contributed by atoms with Crippen LogP contribution in [0.2, 0.25) is 0 Å². The fraction of sp³-hybridized carbons (Fsp3) is 0.722. The van der Waals surface area contributed by atoms with E-state index >= 15 is 0 Å². The van der Waals surface area contributed by atoms with Gasteiger partial charge in [0.1, 0.15) is 5.78 Å². The number of aliphatic hydroxyl groups is 1. The van der Waals surface area contributed by atoms with E-state index in [9.17, 15) is 9.90 Å². The van der Waals surface area contributed by atoms with Crippen molar-refractivity contribution in [2.45, 2.75) is 51.4 Å². The number of carbonyl (C=O) groups excluding carboxylic acids is 1. The molecule has 0 aromatic rings. The summed E-state index contributed by atoms with van der Waals surface area (Å²) in [6, 6.07) is 0. The Morgan fingerprint density at radius 3 is 2.75 bits per heavy atom. The lowest BCUT2D eigenvalue weighted by Gasteiger charge is -2.43. The van der Waals surface area contributed by atoms with Crippen LogP contribution in [0.15, 0.2) is 23.5 Å². The minimum absolute atomic E-state index is 0.367. The molecule has 4 aliphatic carbocycles. The number of allylic oxidation sites excluding steroid dienone is 4. The predicted molar refractivity (Wildman–Crippen MR) is 78.2 cm³/mol. The number of hydrogen-bond acceptors (Lipinski definition) is 2. The van der Waals surface area contributed by atoms with E-state index in [0.29, 0.717) is 29.3 Å². The lowest BCUT2D eigenvalue weighted by Crippen LogP contribution is -2.34. The summed E-state index contributed by atoms with van der Waals surface area (Å²) in [5.41, 5.74) is 1.60. The van der Waals surface area contributed by atoms with Gasteiger partial charge in [-0.3, -0.25) is 4.79 Å². The highest BCUT2D eigenvalue weighted by molar-refractivity contribution is 5.81. The summed E-state index contributed by atoms with van der Waals surface area (Å²) >= 11 is 0. The zero-order valence-electron chi connectivity index (χ0n) is 12.1. The molecule has 1 N–H and O–H groups in total. The number of fused-ring (bicyclic) bond motifs is 6. The number of Topliss-reactive ketones (excluding diaryl/α,β-unsaturated/α-hetero) is 1. The summed E-state index contributed by atoms with van der Waals surface area (Å²) in [4.78, 5) is 12.0. The molecule has 3 unspecified atom stereocenters. The van der Waals surface area contributed by atoms with Crippen LogP contribution in [0.3, 0.4) is 0 Å². The quantitative estimate of drug-likeness (QED) is 0.718. The molecule has 0 saturated heterocycles. The van der Waals surface area contributed by atoms with E-state index in [4.69, 9.17) is 0 Å². The Bertz CT molecular complexity index is 488. The van der Waals surface area contributed by atoms with Crippen molar-refractivity contribution in [2.75, 3.05) is 0 Å². The number of carbonyl (C=O) groups is 1. The standard InChI is InChI=1S/C18H24O2/c19-14-4-7-16-12(10-14)1-5-15-11-3-8-18(20)13(9-11)2-6-17(15)16/h4,7,11-13,15,17,19H,1-3,5-6,8-10H2/t11-,12?,13-,15?,17?/m1/s1. The molecule has 0 radical (unpaired) electrons. The fourth-order valence-corrected chi connectivity index (χ4v) is 5.44. The van der Waals surface area contributed by atoms with Gasteiger partial charge in [-0.15, -0.1) is 0 Å². The Morgan fingerprint density at radius 2 is 1.85 bits per heavy atom. The number of rotatable bonds is 0. The third-order valence-corrected chi connectivity index (χ3v) is 6.42. The Kier molecular flexibility index (Phi) is 3.01. The second kappa shape index (κ2) is 4.75. The summed E-state index contributed by atoms with van der Waals surface area (Å²) in [6.45, 7) is 0. The van der Waals surface area contributed by atoms with Crippen molar-refractivity contribution in [2.24, 2.45) is 29.6 Å². The largest absolute Gasteiger partial charge is 0.512 e. The maximum absolute atomic E-state index is 12.0. The van der Waals surface area contributed by atoms with Gasteiger partial charge in [-0.1, -0.05) is 11.6 Å². The Balaban J connectivity index is 1.65. The number of ketones is 1. The summed E-state index contributed by atoms with van der Waals surface area (Å²) in [7, 11) is 0. The zero-order chi connectivity index (χ0) is 13.7. The van der Waals surface area contributed by atoms with Crippen LogP contribution in [0.4, 0.5) is 0 Å². The van der Waals surface area contributed by atoms with Crippen LogP contribution < -0.4 is 0 Å². The fourth-order valence-electron chi connectivity index (χ4n) is 5.44. The first kappa shape index (κ1) is 12.7. The van der Waals surface area contributed by atoms with Crippen molar-refractivity contribution in [3.8, 4) is 0 Å². The Hall–Kier alpha value is -1.05. The smallest absolute Gasteiger partial charge is 0.135 e. The topological polar surface area (TPSA) is 37.3 Å². The summed E-state index contributed by atoms with van der Waals surface area (Å²) in [5.74, 6) is 4.32. The third kappa shape index (κ3) is 1.96. The molecule has 2 bridgehead atoms. The van der Waals surface area contributed by atoms with E-state index in [2.05, 4.69) is 6.08 Å². The highest BCUT2D eigenvalue weighted by atomic mass is 16.3. The van der Waals surface area contributed by atoms with Gasteiger partial charge in [-0.2, -0.15) is 0 Å². The highest BCUT2D eigenvalue weighted by Gasteiger charge is 2.44. The molecular weight excluding hydrogens is 248 g/mol. The SMILES string of the molecule is O=C1CC[C@@H]2C[C@H]1CCC1C3=CC=C(O)CC3CCC12. The molecule has 20 heavy (non-hydrogen) atoms. The Morgan fingerprint density at radius 1 is 1.00 bits per heavy atom. The molecule has 2 heteroatoms. The molecule has 0 aromatic carbocycles. The van der Waals surface area contributed by atoms with Crippen molar-refractivity contribution < 1.29 is 9.90 Å². The molecule has 4 rings (SSSR count). The van der Waals surface area contributed by atoms with E-state index in [0.717, 1.165) is 37.5 Å². The third-order valence-electron chi connectivity index (χ3n) is 6.42. The van der Waals surface area contributed by atoms with Crippen molar-refractivity contribution in [3.05, 3.63) is 23.5 Å². The molecule has 0 amide bonds. The molecule has 0 spiro atoms. The normalized spacial score (nSPS) is 43.8. The second-order valence-electron chi connectivity index (χ2n) is 7.35. The molecule has 0 aromatic heterocycles. The van der Waals surface area contributed by atoms with Crippen LogP contribution in [-0.4, -0.2) is 10.9 Å². The second-order valence-corrected chi connectivity index (χ2v) is 7.35. The lowest BCUT2D eigenvalue weighted by molar-refractivity contribution is -0.125. The molecule has 0 heterocycles. The molecular formula is C18H24O2. The van der Waals surface area contributed by atoms with Crippen LogP contribution in [0.5, 0.6) is 0 Å². The van der Waals surface area contributed by atoms with Crippen LogP contribution >= 0.6 is 0 Å².